The fourth-order valence-electron chi connectivity index (χ4n) is 4.77. The third kappa shape index (κ3) is 3.11. The normalized spacial score (nSPS) is 27.5. The Hall–Kier alpha value is -2.71. The Morgan fingerprint density at radius 1 is 1.19 bits per heavy atom. The lowest BCUT2D eigenvalue weighted by Gasteiger charge is -2.52. The number of hydrogen-bond acceptors (Lipinski definition) is 4. The van der Waals surface area contributed by atoms with Crippen molar-refractivity contribution in [2.75, 3.05) is 6.54 Å². The second-order valence-electron chi connectivity index (χ2n) is 7.54. The van der Waals surface area contributed by atoms with Gasteiger partial charge in [0.15, 0.2) is 0 Å². The van der Waals surface area contributed by atoms with E-state index >= 15 is 0 Å². The number of rotatable bonds is 2. The summed E-state index contributed by atoms with van der Waals surface area (Å²) in [6.07, 6.45) is 6.00. The fourth-order valence-corrected chi connectivity index (χ4v) is 4.77. The van der Waals surface area contributed by atoms with Gasteiger partial charge in [0.25, 0.3) is 5.91 Å². The minimum absolute atomic E-state index is 0.0286. The summed E-state index contributed by atoms with van der Waals surface area (Å²) in [5.74, 6) is -0.0170. The van der Waals surface area contributed by atoms with E-state index in [1.165, 1.54) is 6.20 Å². The number of likely N-dealkylation sites (tertiary alicyclic amines) is 1. The molecule has 2 aromatic rings. The number of carbonyl (C=O) groups is 1. The number of fused-ring (bicyclic) bond motifs is 1. The molecule has 0 bridgehead atoms. The van der Waals surface area contributed by atoms with Gasteiger partial charge in [-0.1, -0.05) is 43.2 Å². The van der Waals surface area contributed by atoms with Crippen LogP contribution in [0, 0.1) is 17.2 Å². The van der Waals surface area contributed by atoms with Crippen LogP contribution in [0.2, 0.25) is 0 Å². The summed E-state index contributed by atoms with van der Waals surface area (Å²) in [5.41, 5.74) is 0.878. The van der Waals surface area contributed by atoms with Gasteiger partial charge < -0.3 is 10.0 Å². The molecule has 3 atom stereocenters. The van der Waals surface area contributed by atoms with E-state index in [-0.39, 0.29) is 17.9 Å². The topological polar surface area (TPSA) is 77.2 Å². The predicted octanol–water partition coefficient (Wildman–Crippen LogP) is 3.25. The van der Waals surface area contributed by atoms with Crippen LogP contribution in [0.4, 0.5) is 0 Å². The second kappa shape index (κ2) is 7.13. The van der Waals surface area contributed by atoms with Crippen LogP contribution in [-0.4, -0.2) is 33.5 Å². The zero-order chi connectivity index (χ0) is 18.9. The second-order valence-corrected chi connectivity index (χ2v) is 7.54. The molecule has 2 heterocycles. The Bertz CT molecular complexity index is 859. The van der Waals surface area contributed by atoms with Crippen LogP contribution in [0.5, 0.6) is 0 Å². The largest absolute Gasteiger partial charge is 0.385 e. The number of aromatic nitrogens is 1. The van der Waals surface area contributed by atoms with Crippen LogP contribution < -0.4 is 0 Å². The monoisotopic (exact) mass is 361 g/mol. The molecule has 4 rings (SSSR count). The SMILES string of the molecule is N#Cc1ccc(C(=O)N2CCC(O)(c3ccccc3)[C@H]3CCCC[C@@H]32)cn1. The van der Waals surface area contributed by atoms with Crippen molar-refractivity contribution in [2.24, 2.45) is 5.92 Å². The highest BCUT2D eigenvalue weighted by Gasteiger charge is 2.50. The molecule has 1 unspecified atom stereocenters. The molecule has 2 fully saturated rings. The lowest BCUT2D eigenvalue weighted by molar-refractivity contribution is -0.110. The Labute approximate surface area is 159 Å². The molecular formula is C22H23N3O2. The van der Waals surface area contributed by atoms with Crippen LogP contribution >= 0.6 is 0 Å². The molecule has 1 aliphatic carbocycles. The number of pyridine rings is 1. The van der Waals surface area contributed by atoms with Gasteiger partial charge in [0.05, 0.1) is 11.2 Å². The van der Waals surface area contributed by atoms with E-state index in [1.807, 2.05) is 41.3 Å². The van der Waals surface area contributed by atoms with Gasteiger partial charge >= 0.3 is 0 Å². The van der Waals surface area contributed by atoms with E-state index in [1.54, 1.807) is 12.1 Å². The summed E-state index contributed by atoms with van der Waals surface area (Å²) in [5, 5.41) is 20.5. The lowest BCUT2D eigenvalue weighted by atomic mass is 9.66. The van der Waals surface area contributed by atoms with E-state index in [4.69, 9.17) is 5.26 Å². The van der Waals surface area contributed by atoms with Crippen LogP contribution in [0.25, 0.3) is 0 Å². The first kappa shape index (κ1) is 17.7. The van der Waals surface area contributed by atoms with Crippen molar-refractivity contribution in [3.05, 3.63) is 65.5 Å². The Morgan fingerprint density at radius 2 is 1.96 bits per heavy atom. The third-order valence-corrected chi connectivity index (χ3v) is 6.14. The minimum atomic E-state index is -0.883. The minimum Gasteiger partial charge on any atom is -0.385 e. The maximum absolute atomic E-state index is 13.1. The molecule has 2 aliphatic rings. The molecule has 1 saturated heterocycles. The van der Waals surface area contributed by atoms with Crippen LogP contribution in [-0.2, 0) is 5.60 Å². The summed E-state index contributed by atoms with van der Waals surface area (Å²) in [7, 11) is 0. The van der Waals surface area contributed by atoms with E-state index in [0.29, 0.717) is 24.2 Å². The number of piperidine rings is 1. The zero-order valence-electron chi connectivity index (χ0n) is 15.2. The van der Waals surface area contributed by atoms with E-state index < -0.39 is 5.60 Å². The van der Waals surface area contributed by atoms with Crippen LogP contribution in [0.1, 0.15) is 53.7 Å². The zero-order valence-corrected chi connectivity index (χ0v) is 15.2. The Morgan fingerprint density at radius 3 is 2.67 bits per heavy atom. The average Bonchev–Trinajstić information content (AvgIpc) is 2.74. The first-order chi connectivity index (χ1) is 13.1. The number of nitrogens with zero attached hydrogens (tertiary/aromatic N) is 3. The molecule has 27 heavy (non-hydrogen) atoms. The highest BCUT2D eigenvalue weighted by molar-refractivity contribution is 5.94. The lowest BCUT2D eigenvalue weighted by Crippen LogP contribution is -2.59. The molecule has 1 saturated carbocycles. The number of carbonyl (C=O) groups excluding carboxylic acids is 1. The summed E-state index contributed by atoms with van der Waals surface area (Å²) in [6.45, 7) is 0.519. The van der Waals surface area contributed by atoms with Gasteiger partial charge in [-0.15, -0.1) is 0 Å². The smallest absolute Gasteiger partial charge is 0.255 e. The maximum atomic E-state index is 13.1. The van der Waals surface area contributed by atoms with Gasteiger partial charge in [0.1, 0.15) is 11.8 Å². The molecule has 1 aromatic carbocycles. The molecule has 5 heteroatoms. The number of hydrogen-bond donors (Lipinski definition) is 1. The summed E-state index contributed by atoms with van der Waals surface area (Å²) < 4.78 is 0. The summed E-state index contributed by atoms with van der Waals surface area (Å²) in [4.78, 5) is 19.1. The van der Waals surface area contributed by atoms with Crippen molar-refractivity contribution in [3.8, 4) is 6.07 Å². The quantitative estimate of drug-likeness (QED) is 0.891. The Balaban J connectivity index is 1.63. The predicted molar refractivity (Wildman–Crippen MR) is 101 cm³/mol. The number of nitriles is 1. The van der Waals surface area contributed by atoms with Crippen molar-refractivity contribution in [3.63, 3.8) is 0 Å². The van der Waals surface area contributed by atoms with Gasteiger partial charge in [-0.05, 0) is 37.0 Å². The first-order valence-corrected chi connectivity index (χ1v) is 9.58. The average molecular weight is 361 g/mol. The van der Waals surface area contributed by atoms with Gasteiger partial charge in [0, 0.05) is 24.7 Å². The van der Waals surface area contributed by atoms with E-state index in [9.17, 15) is 9.90 Å². The van der Waals surface area contributed by atoms with Crippen molar-refractivity contribution < 1.29 is 9.90 Å². The molecule has 1 aliphatic heterocycles. The molecule has 0 spiro atoms. The first-order valence-electron chi connectivity index (χ1n) is 9.58. The van der Waals surface area contributed by atoms with Crippen LogP contribution in [0.15, 0.2) is 48.7 Å². The third-order valence-electron chi connectivity index (χ3n) is 6.14. The highest BCUT2D eigenvalue weighted by atomic mass is 16.3. The molecule has 1 aromatic heterocycles. The van der Waals surface area contributed by atoms with Gasteiger partial charge in [0.2, 0.25) is 0 Å². The number of aliphatic hydroxyl groups is 1. The standard InChI is InChI=1S/C22H23N3O2/c23-14-18-11-10-16(15-24-18)21(26)25-13-12-22(27,17-6-2-1-3-7-17)19-8-4-5-9-20(19)25/h1-3,6-7,10-11,15,19-20,27H,4-5,8-9,12-13H2/t19-,20-,22?/m0/s1. The molecule has 1 amide bonds. The van der Waals surface area contributed by atoms with Crippen molar-refractivity contribution >= 4 is 5.91 Å². The summed E-state index contributed by atoms with van der Waals surface area (Å²) >= 11 is 0. The van der Waals surface area contributed by atoms with E-state index in [2.05, 4.69) is 4.98 Å². The number of amides is 1. The Kier molecular flexibility index (Phi) is 4.67. The highest BCUT2D eigenvalue weighted by Crippen LogP contribution is 2.47. The van der Waals surface area contributed by atoms with E-state index in [0.717, 1.165) is 31.2 Å². The molecule has 5 nitrogen and oxygen atoms in total. The van der Waals surface area contributed by atoms with Gasteiger partial charge in [-0.25, -0.2) is 4.98 Å². The molecule has 0 radical (unpaired) electrons. The molecular weight excluding hydrogens is 338 g/mol. The van der Waals surface area contributed by atoms with Gasteiger partial charge in [-0.2, -0.15) is 5.26 Å². The summed E-state index contributed by atoms with van der Waals surface area (Å²) in [6, 6.07) is 15.1. The maximum Gasteiger partial charge on any atom is 0.255 e. The number of benzene rings is 1. The molecule has 1 N–H and O–H groups in total. The van der Waals surface area contributed by atoms with Crippen LogP contribution in [0.3, 0.4) is 0 Å². The molecule has 138 valence electrons. The van der Waals surface area contributed by atoms with Gasteiger partial charge in [-0.3, -0.25) is 4.79 Å². The fraction of sp³-hybridized carbons (Fsp3) is 0.409. The van der Waals surface area contributed by atoms with Crippen molar-refractivity contribution in [1.82, 2.24) is 9.88 Å². The van der Waals surface area contributed by atoms with Crippen molar-refractivity contribution in [2.45, 2.75) is 43.7 Å². The van der Waals surface area contributed by atoms with Crippen molar-refractivity contribution in [1.29, 1.82) is 5.26 Å².